The summed E-state index contributed by atoms with van der Waals surface area (Å²) in [6, 6.07) is 1.65. The van der Waals surface area contributed by atoms with Crippen molar-refractivity contribution in [1.29, 1.82) is 0 Å². The number of hydrogen-bond donors (Lipinski definition) is 1. The molecule has 190 valence electrons. The van der Waals surface area contributed by atoms with Gasteiger partial charge in [-0.3, -0.25) is 9.59 Å². The Balaban J connectivity index is 1.49. The van der Waals surface area contributed by atoms with Crippen LogP contribution in [0.4, 0.5) is 5.13 Å². The molecule has 2 fully saturated rings. The van der Waals surface area contributed by atoms with Gasteiger partial charge in [0.2, 0.25) is 22.7 Å². The summed E-state index contributed by atoms with van der Waals surface area (Å²) in [5, 5.41) is 4.56. The molecule has 1 unspecified atom stereocenters. The second-order valence-electron chi connectivity index (χ2n) is 8.62. The van der Waals surface area contributed by atoms with Crippen molar-refractivity contribution < 1.29 is 32.0 Å². The Morgan fingerprint density at radius 1 is 1.26 bits per heavy atom. The first kappa shape index (κ1) is 25.3. The lowest BCUT2D eigenvalue weighted by atomic mass is 9.84. The maximum absolute atomic E-state index is 13.2. The molecule has 1 N–H and O–H groups in total. The summed E-state index contributed by atoms with van der Waals surface area (Å²) in [6.45, 7) is -0.373. The molecule has 11 nitrogen and oxygen atoms in total. The predicted molar refractivity (Wildman–Crippen MR) is 126 cm³/mol. The number of thiazole rings is 1. The Bertz CT molecular complexity index is 1160. The van der Waals surface area contributed by atoms with Gasteiger partial charge in [-0.2, -0.15) is 4.31 Å². The van der Waals surface area contributed by atoms with Gasteiger partial charge in [-0.05, 0) is 24.5 Å². The lowest BCUT2D eigenvalue weighted by Gasteiger charge is -2.39. The minimum absolute atomic E-state index is 0.00592. The zero-order chi connectivity index (χ0) is 25.0. The molecule has 2 aromatic heterocycles. The number of aromatic nitrogens is 1. The number of carbonyl (C=O) groups excluding carboxylic acids is 3. The van der Waals surface area contributed by atoms with E-state index in [-0.39, 0.29) is 24.8 Å². The summed E-state index contributed by atoms with van der Waals surface area (Å²) < 4.78 is 36.7. The van der Waals surface area contributed by atoms with E-state index in [4.69, 9.17) is 4.42 Å². The molecule has 2 aromatic rings. The van der Waals surface area contributed by atoms with Gasteiger partial charge in [0.1, 0.15) is 6.04 Å². The van der Waals surface area contributed by atoms with Crippen molar-refractivity contribution in [1.82, 2.24) is 14.2 Å². The number of esters is 1. The van der Waals surface area contributed by atoms with Crippen LogP contribution in [0.5, 0.6) is 0 Å². The third-order valence-electron chi connectivity index (χ3n) is 6.41. The molecule has 13 heteroatoms. The summed E-state index contributed by atoms with van der Waals surface area (Å²) in [5.74, 6) is -1.50. The molecule has 1 aliphatic carbocycles. The number of piperazine rings is 1. The van der Waals surface area contributed by atoms with Crippen LogP contribution in [0.2, 0.25) is 0 Å². The average Bonchev–Trinajstić information content (AvgIpc) is 3.56. The van der Waals surface area contributed by atoms with Crippen LogP contribution in [-0.4, -0.2) is 73.2 Å². The SMILES string of the molecule is COC(=O)c1ccc(S(=O)(=O)N2CCN(C(CC3CCCCC3)C(=O)Nc3nccs3)C(=O)C2)o1. The number of anilines is 1. The molecule has 4 rings (SSSR count). The fourth-order valence-corrected chi connectivity index (χ4v) is 6.41. The molecule has 2 amide bonds. The number of carbonyl (C=O) groups is 3. The van der Waals surface area contributed by atoms with Gasteiger partial charge in [0.15, 0.2) is 5.13 Å². The monoisotopic (exact) mass is 524 g/mol. The quantitative estimate of drug-likeness (QED) is 0.519. The summed E-state index contributed by atoms with van der Waals surface area (Å²) in [6.07, 6.45) is 7.49. The van der Waals surface area contributed by atoms with E-state index in [2.05, 4.69) is 15.0 Å². The Labute approximate surface area is 207 Å². The van der Waals surface area contributed by atoms with Crippen molar-refractivity contribution in [2.75, 3.05) is 32.1 Å². The van der Waals surface area contributed by atoms with Crippen molar-refractivity contribution in [2.45, 2.75) is 49.7 Å². The molecule has 2 aliphatic rings. The van der Waals surface area contributed by atoms with E-state index in [0.29, 0.717) is 17.5 Å². The molecule has 1 saturated heterocycles. The van der Waals surface area contributed by atoms with Gasteiger partial charge < -0.3 is 19.4 Å². The van der Waals surface area contributed by atoms with Gasteiger partial charge >= 0.3 is 5.97 Å². The second-order valence-corrected chi connectivity index (χ2v) is 11.4. The number of hydrogen-bond acceptors (Lipinski definition) is 9. The molecule has 1 aliphatic heterocycles. The van der Waals surface area contributed by atoms with Gasteiger partial charge in [-0.25, -0.2) is 18.2 Å². The topological polar surface area (TPSA) is 139 Å². The van der Waals surface area contributed by atoms with E-state index in [9.17, 15) is 22.8 Å². The van der Waals surface area contributed by atoms with E-state index in [1.54, 1.807) is 11.6 Å². The van der Waals surface area contributed by atoms with E-state index < -0.39 is 39.6 Å². The lowest BCUT2D eigenvalue weighted by molar-refractivity contribution is -0.142. The van der Waals surface area contributed by atoms with Crippen LogP contribution in [0, 0.1) is 5.92 Å². The number of nitrogens with zero attached hydrogens (tertiary/aromatic N) is 3. The fourth-order valence-electron chi connectivity index (χ4n) is 4.58. The van der Waals surface area contributed by atoms with Crippen molar-refractivity contribution in [3.05, 3.63) is 29.5 Å². The number of methoxy groups -OCH3 is 1. The summed E-state index contributed by atoms with van der Waals surface area (Å²) in [4.78, 5) is 43.5. The lowest BCUT2D eigenvalue weighted by Crippen LogP contribution is -2.58. The highest BCUT2D eigenvalue weighted by atomic mass is 32.2. The van der Waals surface area contributed by atoms with E-state index in [1.807, 2.05) is 0 Å². The molecule has 35 heavy (non-hydrogen) atoms. The van der Waals surface area contributed by atoms with Gasteiger partial charge in [0, 0.05) is 24.7 Å². The minimum atomic E-state index is -4.15. The third-order valence-corrected chi connectivity index (χ3v) is 8.81. The Hall–Kier alpha value is -2.77. The van der Waals surface area contributed by atoms with Crippen LogP contribution in [0.25, 0.3) is 0 Å². The Morgan fingerprint density at radius 2 is 2.03 bits per heavy atom. The smallest absolute Gasteiger partial charge is 0.374 e. The molecule has 1 atom stereocenters. The molecular weight excluding hydrogens is 496 g/mol. The Morgan fingerprint density at radius 3 is 2.69 bits per heavy atom. The van der Waals surface area contributed by atoms with Crippen LogP contribution < -0.4 is 5.32 Å². The summed E-state index contributed by atoms with van der Waals surface area (Å²) in [5.41, 5.74) is 0. The van der Waals surface area contributed by atoms with Crippen LogP contribution in [0.1, 0.15) is 49.1 Å². The predicted octanol–water partition coefficient (Wildman–Crippen LogP) is 2.33. The first-order valence-electron chi connectivity index (χ1n) is 11.5. The number of sulfonamides is 1. The maximum atomic E-state index is 13.2. The average molecular weight is 525 g/mol. The van der Waals surface area contributed by atoms with Crippen molar-refractivity contribution in [3.8, 4) is 0 Å². The fraction of sp³-hybridized carbons (Fsp3) is 0.545. The second kappa shape index (κ2) is 10.9. The minimum Gasteiger partial charge on any atom is -0.463 e. The normalized spacial score (nSPS) is 18.9. The Kier molecular flexibility index (Phi) is 7.87. The van der Waals surface area contributed by atoms with E-state index >= 15 is 0 Å². The molecular formula is C22H28N4O7S2. The number of furan rings is 1. The van der Waals surface area contributed by atoms with Gasteiger partial charge in [0.05, 0.1) is 13.7 Å². The van der Waals surface area contributed by atoms with E-state index in [0.717, 1.165) is 43.2 Å². The van der Waals surface area contributed by atoms with Gasteiger partial charge in [-0.1, -0.05) is 32.1 Å². The van der Waals surface area contributed by atoms with Crippen molar-refractivity contribution >= 4 is 44.3 Å². The van der Waals surface area contributed by atoms with Gasteiger partial charge in [-0.15, -0.1) is 11.3 Å². The molecule has 0 radical (unpaired) electrons. The number of amides is 2. The summed E-state index contributed by atoms with van der Waals surface area (Å²) in [7, 11) is -2.99. The molecule has 1 saturated carbocycles. The zero-order valence-corrected chi connectivity index (χ0v) is 21.0. The first-order chi connectivity index (χ1) is 16.8. The van der Waals surface area contributed by atoms with E-state index in [1.165, 1.54) is 28.7 Å². The molecule has 0 bridgehead atoms. The third kappa shape index (κ3) is 5.73. The number of rotatable bonds is 8. The zero-order valence-electron chi connectivity index (χ0n) is 19.3. The van der Waals surface area contributed by atoms with Crippen LogP contribution in [0.15, 0.2) is 33.2 Å². The standard InChI is InChI=1S/C22H28N4O7S2/c1-32-21(29)17-7-8-19(33-17)35(30,31)25-10-11-26(18(27)14-25)16(13-15-5-3-2-4-6-15)20(28)24-22-23-9-12-34-22/h7-9,12,15-16H,2-6,10-11,13-14H2,1H3,(H,23,24,28). The highest BCUT2D eigenvalue weighted by molar-refractivity contribution is 7.89. The number of nitrogens with one attached hydrogen (secondary N) is 1. The van der Waals surface area contributed by atoms with Crippen LogP contribution in [-0.2, 0) is 24.3 Å². The molecule has 3 heterocycles. The largest absolute Gasteiger partial charge is 0.463 e. The maximum Gasteiger partial charge on any atom is 0.374 e. The molecule has 0 aromatic carbocycles. The first-order valence-corrected chi connectivity index (χ1v) is 13.8. The van der Waals surface area contributed by atoms with Crippen LogP contribution in [0.3, 0.4) is 0 Å². The highest BCUT2D eigenvalue weighted by Crippen LogP contribution is 2.30. The van der Waals surface area contributed by atoms with Crippen LogP contribution >= 0.6 is 11.3 Å². The number of ether oxygens (including phenoxy) is 1. The molecule has 0 spiro atoms. The van der Waals surface area contributed by atoms with Crippen molar-refractivity contribution in [2.24, 2.45) is 5.92 Å². The van der Waals surface area contributed by atoms with Crippen molar-refractivity contribution in [3.63, 3.8) is 0 Å². The highest BCUT2D eigenvalue weighted by Gasteiger charge is 2.40. The van der Waals surface area contributed by atoms with Gasteiger partial charge in [0.25, 0.3) is 10.0 Å². The summed E-state index contributed by atoms with van der Waals surface area (Å²) >= 11 is 1.29.